The number of carbonyl (C=O) groups excluding carboxylic acids is 1. The first-order valence-electron chi connectivity index (χ1n) is 10.8. The molecule has 154 valence electrons. The number of pyridine rings is 2. The predicted octanol–water partition coefficient (Wildman–Crippen LogP) is 2.88. The minimum absolute atomic E-state index is 0.0607. The number of nitrogens with one attached hydrogen (secondary N) is 2. The summed E-state index contributed by atoms with van der Waals surface area (Å²) < 4.78 is 0. The molecular weight excluding hydrogens is 362 g/mol. The highest BCUT2D eigenvalue weighted by molar-refractivity contribution is 5.77. The second-order valence-electron chi connectivity index (χ2n) is 8.37. The molecule has 6 nitrogen and oxygen atoms in total. The molecule has 0 bridgehead atoms. The van der Waals surface area contributed by atoms with Crippen LogP contribution in [0.5, 0.6) is 0 Å². The van der Waals surface area contributed by atoms with E-state index < -0.39 is 0 Å². The minimum atomic E-state index is -0.0607. The zero-order valence-electron chi connectivity index (χ0n) is 17.1. The summed E-state index contributed by atoms with van der Waals surface area (Å²) in [6, 6.07) is 10.7. The van der Waals surface area contributed by atoms with E-state index in [4.69, 9.17) is 0 Å². The van der Waals surface area contributed by atoms with E-state index in [0.717, 1.165) is 17.8 Å². The van der Waals surface area contributed by atoms with Crippen molar-refractivity contribution in [1.82, 2.24) is 25.7 Å². The average molecular weight is 394 g/mol. The molecule has 0 spiro atoms. The van der Waals surface area contributed by atoms with Gasteiger partial charge in [-0.15, -0.1) is 0 Å². The van der Waals surface area contributed by atoms with Crippen molar-refractivity contribution < 1.29 is 4.79 Å². The van der Waals surface area contributed by atoms with E-state index >= 15 is 0 Å². The van der Waals surface area contributed by atoms with E-state index in [1.54, 1.807) is 18.6 Å². The summed E-state index contributed by atoms with van der Waals surface area (Å²) in [4.78, 5) is 23.7. The number of carbonyl (C=O) groups is 1. The highest BCUT2D eigenvalue weighted by Crippen LogP contribution is 2.30. The summed E-state index contributed by atoms with van der Waals surface area (Å²) in [5.74, 6) is 0.699. The Balaban J connectivity index is 1.43. The van der Waals surface area contributed by atoms with Crippen LogP contribution in [0, 0.1) is 5.92 Å². The molecule has 1 amide bonds. The van der Waals surface area contributed by atoms with Gasteiger partial charge < -0.3 is 4.90 Å². The lowest BCUT2D eigenvalue weighted by Gasteiger charge is -2.27. The number of rotatable bonds is 6. The maximum absolute atomic E-state index is 13.2. The zero-order chi connectivity index (χ0) is 20.1. The van der Waals surface area contributed by atoms with Crippen LogP contribution in [0.2, 0.25) is 0 Å². The lowest BCUT2D eigenvalue weighted by Crippen LogP contribution is -2.43. The molecule has 2 fully saturated rings. The van der Waals surface area contributed by atoms with Crippen LogP contribution in [0.1, 0.15) is 55.7 Å². The fourth-order valence-electron chi connectivity index (χ4n) is 4.80. The molecule has 4 rings (SSSR count). The summed E-state index contributed by atoms with van der Waals surface area (Å²) in [5, 5.41) is 0. The van der Waals surface area contributed by atoms with Gasteiger partial charge in [0.2, 0.25) is 5.91 Å². The highest BCUT2D eigenvalue weighted by atomic mass is 16.2. The second kappa shape index (κ2) is 9.46. The number of likely N-dealkylation sites (N-methyl/N-ethyl adjacent to an activating group) is 1. The Kier molecular flexibility index (Phi) is 6.52. The summed E-state index contributed by atoms with van der Waals surface area (Å²) in [7, 11) is 1.93. The first-order valence-corrected chi connectivity index (χ1v) is 10.8. The van der Waals surface area contributed by atoms with Crippen molar-refractivity contribution in [2.45, 2.75) is 56.5 Å². The number of hydrazine groups is 1. The van der Waals surface area contributed by atoms with Crippen LogP contribution in [0.3, 0.4) is 0 Å². The van der Waals surface area contributed by atoms with E-state index in [9.17, 15) is 4.79 Å². The van der Waals surface area contributed by atoms with Gasteiger partial charge in [0.1, 0.15) is 0 Å². The zero-order valence-corrected chi connectivity index (χ0v) is 17.1. The largest absolute Gasteiger partial charge is 0.344 e. The number of hydrogen-bond acceptors (Lipinski definition) is 5. The Bertz CT molecular complexity index is 745. The molecule has 29 heavy (non-hydrogen) atoms. The van der Waals surface area contributed by atoms with Crippen LogP contribution in [0.4, 0.5) is 0 Å². The van der Waals surface area contributed by atoms with Gasteiger partial charge in [0.15, 0.2) is 0 Å². The number of aromatic nitrogens is 2. The van der Waals surface area contributed by atoms with Crippen molar-refractivity contribution in [3.05, 3.63) is 60.2 Å². The van der Waals surface area contributed by atoms with E-state index in [1.165, 1.54) is 32.1 Å². The third-order valence-corrected chi connectivity index (χ3v) is 6.47. The molecule has 4 atom stereocenters. The minimum Gasteiger partial charge on any atom is -0.344 e. The first kappa shape index (κ1) is 20.0. The molecular formula is C23H31N5O. The average Bonchev–Trinajstić information content (AvgIpc) is 2.98. The summed E-state index contributed by atoms with van der Waals surface area (Å²) >= 11 is 0. The Morgan fingerprint density at radius 2 is 1.93 bits per heavy atom. The molecule has 4 unspecified atom stereocenters. The molecule has 3 heterocycles. The monoisotopic (exact) mass is 393 g/mol. The standard InChI is InChI=1S/C23H31N5O/c1-28(16-22-18-7-3-2-4-9-21(18)26-27-22)23(29)15-19(17-10-13-24-14-11-17)20-8-5-6-12-25-20/h5-6,8,10-14,18-19,21-22,26-27H,2-4,7,9,15-16H2,1H3. The molecule has 6 heteroatoms. The molecule has 0 radical (unpaired) electrons. The molecule has 2 N–H and O–H groups in total. The van der Waals surface area contributed by atoms with Crippen LogP contribution in [0.25, 0.3) is 0 Å². The molecule has 2 aliphatic rings. The number of nitrogens with zero attached hydrogens (tertiary/aromatic N) is 3. The Morgan fingerprint density at radius 1 is 1.10 bits per heavy atom. The molecule has 0 aromatic carbocycles. The number of amides is 1. The van der Waals surface area contributed by atoms with Crippen LogP contribution in [-0.4, -0.2) is 46.5 Å². The summed E-state index contributed by atoms with van der Waals surface area (Å²) in [6.45, 7) is 0.734. The molecule has 2 aromatic rings. The topological polar surface area (TPSA) is 70.2 Å². The van der Waals surface area contributed by atoms with Crippen molar-refractivity contribution in [2.24, 2.45) is 5.92 Å². The van der Waals surface area contributed by atoms with Crippen LogP contribution in [0.15, 0.2) is 48.9 Å². The summed E-state index contributed by atoms with van der Waals surface area (Å²) in [6.07, 6.45) is 12.1. The Hall–Kier alpha value is -2.31. The van der Waals surface area contributed by atoms with Crippen molar-refractivity contribution in [3.63, 3.8) is 0 Å². The fourth-order valence-corrected chi connectivity index (χ4v) is 4.80. The summed E-state index contributed by atoms with van der Waals surface area (Å²) in [5.41, 5.74) is 8.94. The van der Waals surface area contributed by atoms with Gasteiger partial charge in [-0.05, 0) is 48.6 Å². The quantitative estimate of drug-likeness (QED) is 0.790. The number of fused-ring (bicyclic) bond motifs is 1. The smallest absolute Gasteiger partial charge is 0.223 e. The molecule has 1 saturated heterocycles. The normalized spacial score (nSPS) is 25.1. The number of hydrogen-bond donors (Lipinski definition) is 2. The van der Waals surface area contributed by atoms with Gasteiger partial charge in [0, 0.05) is 62.3 Å². The SMILES string of the molecule is CN(CC1NNC2CCCCCC21)C(=O)CC(c1ccncc1)c1ccccn1. The lowest BCUT2D eigenvalue weighted by molar-refractivity contribution is -0.130. The van der Waals surface area contributed by atoms with Crippen LogP contribution < -0.4 is 10.9 Å². The molecule has 1 saturated carbocycles. The predicted molar refractivity (Wildman–Crippen MR) is 113 cm³/mol. The van der Waals surface area contributed by atoms with Gasteiger partial charge in [-0.3, -0.25) is 25.6 Å². The van der Waals surface area contributed by atoms with Crippen molar-refractivity contribution >= 4 is 5.91 Å². The van der Waals surface area contributed by atoms with Gasteiger partial charge in [0.05, 0.1) is 0 Å². The van der Waals surface area contributed by atoms with Crippen molar-refractivity contribution in [3.8, 4) is 0 Å². The lowest BCUT2D eigenvalue weighted by atomic mass is 9.89. The maximum atomic E-state index is 13.2. The maximum Gasteiger partial charge on any atom is 0.223 e. The highest BCUT2D eigenvalue weighted by Gasteiger charge is 2.37. The molecule has 1 aliphatic carbocycles. The molecule has 2 aromatic heterocycles. The van der Waals surface area contributed by atoms with E-state index in [0.29, 0.717) is 24.4 Å². The van der Waals surface area contributed by atoms with E-state index in [1.807, 2.05) is 42.3 Å². The van der Waals surface area contributed by atoms with Crippen molar-refractivity contribution in [2.75, 3.05) is 13.6 Å². The van der Waals surface area contributed by atoms with Crippen LogP contribution >= 0.6 is 0 Å². The van der Waals surface area contributed by atoms with Crippen LogP contribution in [-0.2, 0) is 4.79 Å². The van der Waals surface area contributed by atoms with E-state index in [-0.39, 0.29) is 11.8 Å². The van der Waals surface area contributed by atoms with E-state index in [2.05, 4.69) is 20.8 Å². The Morgan fingerprint density at radius 3 is 2.72 bits per heavy atom. The van der Waals surface area contributed by atoms with Gasteiger partial charge in [-0.1, -0.05) is 25.3 Å². The van der Waals surface area contributed by atoms with Gasteiger partial charge in [-0.2, -0.15) is 0 Å². The third kappa shape index (κ3) is 4.82. The van der Waals surface area contributed by atoms with Gasteiger partial charge in [0.25, 0.3) is 0 Å². The van der Waals surface area contributed by atoms with Gasteiger partial charge in [-0.25, -0.2) is 0 Å². The van der Waals surface area contributed by atoms with Crippen molar-refractivity contribution in [1.29, 1.82) is 0 Å². The third-order valence-electron chi connectivity index (χ3n) is 6.47. The fraction of sp³-hybridized carbons (Fsp3) is 0.522. The first-order chi connectivity index (χ1) is 14.2. The Labute approximate surface area is 173 Å². The second-order valence-corrected chi connectivity index (χ2v) is 8.37. The molecule has 1 aliphatic heterocycles. The van der Waals surface area contributed by atoms with Gasteiger partial charge >= 0.3 is 0 Å².